The lowest BCUT2D eigenvalue weighted by Crippen LogP contribution is -2.58. The Balaban J connectivity index is 1.19. The number of allylic oxidation sites excluding steroid dienone is 4. The van der Waals surface area contributed by atoms with Crippen molar-refractivity contribution in [3.63, 3.8) is 0 Å². The molecule has 0 aromatic carbocycles. The van der Waals surface area contributed by atoms with Crippen molar-refractivity contribution < 1.29 is 27.8 Å². The SMILES string of the molecule is CC1C(F)=CC=C(c2csc3c2NCN=C3OC2C3COCC2CN(C(=O)OC2(C)CC2)C3)C1F. The van der Waals surface area contributed by atoms with Crippen LogP contribution in [0.2, 0.25) is 0 Å². The van der Waals surface area contributed by atoms with Gasteiger partial charge in [-0.05, 0) is 31.4 Å². The molecule has 1 amide bonds. The lowest BCUT2D eigenvalue weighted by Gasteiger charge is -2.46. The van der Waals surface area contributed by atoms with Gasteiger partial charge in [-0.1, -0.05) is 13.0 Å². The molecule has 3 aliphatic heterocycles. The first-order chi connectivity index (χ1) is 16.8. The van der Waals surface area contributed by atoms with Crippen molar-refractivity contribution in [3.8, 4) is 0 Å². The van der Waals surface area contributed by atoms with Crippen LogP contribution in [0.15, 0.2) is 28.4 Å². The van der Waals surface area contributed by atoms with E-state index in [1.54, 1.807) is 11.8 Å². The molecule has 4 unspecified atom stereocenters. The van der Waals surface area contributed by atoms with Gasteiger partial charge in [-0.2, -0.15) is 0 Å². The van der Waals surface area contributed by atoms with Gasteiger partial charge in [0.2, 0.25) is 5.90 Å². The zero-order chi connectivity index (χ0) is 24.3. The number of carbonyl (C=O) groups is 1. The maximum Gasteiger partial charge on any atom is 0.410 e. The van der Waals surface area contributed by atoms with Crippen LogP contribution in [0.5, 0.6) is 0 Å². The fraction of sp³-hybridized carbons (Fsp3) is 0.600. The van der Waals surface area contributed by atoms with Crippen LogP contribution in [0.4, 0.5) is 19.3 Å². The standard InChI is InChI=1S/C25H29F2N3O4S/c1-13-18(26)4-3-16(19(13)27)17-11-35-22-20(17)28-12-29-23(22)33-21-14-7-30(8-15(21)10-32-9-14)24(31)34-25(2)5-6-25/h3-4,11,13-15,19,21,28H,5-10,12H2,1-2H3. The molecule has 1 saturated carbocycles. The van der Waals surface area contributed by atoms with Crippen LogP contribution in [0, 0.1) is 17.8 Å². The third kappa shape index (κ3) is 4.14. The molecule has 6 rings (SSSR count). The summed E-state index contributed by atoms with van der Waals surface area (Å²) in [7, 11) is 0. The van der Waals surface area contributed by atoms with E-state index in [9.17, 15) is 13.6 Å². The number of thiophene rings is 1. The molecule has 188 valence electrons. The number of ether oxygens (including phenoxy) is 3. The third-order valence-electron chi connectivity index (χ3n) is 7.66. The minimum Gasteiger partial charge on any atom is -0.473 e. The van der Waals surface area contributed by atoms with Crippen LogP contribution < -0.4 is 5.32 Å². The molecule has 2 saturated heterocycles. The lowest BCUT2D eigenvalue weighted by molar-refractivity contribution is -0.114. The molecule has 1 aromatic heterocycles. The molecule has 7 nitrogen and oxygen atoms in total. The van der Waals surface area contributed by atoms with E-state index in [4.69, 9.17) is 14.2 Å². The number of hydrogen-bond donors (Lipinski definition) is 1. The number of alkyl halides is 1. The average molecular weight is 506 g/mol. The van der Waals surface area contributed by atoms with Crippen molar-refractivity contribution in [2.24, 2.45) is 22.7 Å². The quantitative estimate of drug-likeness (QED) is 0.642. The molecule has 2 aliphatic carbocycles. The summed E-state index contributed by atoms with van der Waals surface area (Å²) in [4.78, 5) is 19.9. The average Bonchev–Trinajstić information content (AvgIpc) is 3.39. The first-order valence-corrected chi connectivity index (χ1v) is 13.0. The minimum atomic E-state index is -1.41. The molecule has 3 fully saturated rings. The third-order valence-corrected chi connectivity index (χ3v) is 8.63. The molecule has 4 heterocycles. The van der Waals surface area contributed by atoms with Crippen molar-refractivity contribution in [1.82, 2.24) is 4.90 Å². The van der Waals surface area contributed by atoms with Crippen molar-refractivity contribution in [3.05, 3.63) is 33.8 Å². The number of carbonyl (C=O) groups excluding carboxylic acids is 1. The van der Waals surface area contributed by atoms with E-state index in [1.807, 2.05) is 12.3 Å². The topological polar surface area (TPSA) is 72.4 Å². The first kappa shape index (κ1) is 23.0. The maximum absolute atomic E-state index is 15.0. The Bertz CT molecular complexity index is 1110. The van der Waals surface area contributed by atoms with E-state index in [-0.39, 0.29) is 29.6 Å². The van der Waals surface area contributed by atoms with Gasteiger partial charge in [-0.15, -0.1) is 11.3 Å². The molecule has 1 N–H and O–H groups in total. The number of hydrogen-bond acceptors (Lipinski definition) is 7. The largest absolute Gasteiger partial charge is 0.473 e. The molecule has 35 heavy (non-hydrogen) atoms. The van der Waals surface area contributed by atoms with Gasteiger partial charge in [0.05, 0.1) is 18.9 Å². The predicted octanol–water partition coefficient (Wildman–Crippen LogP) is 4.75. The van der Waals surface area contributed by atoms with Gasteiger partial charge in [-0.25, -0.2) is 18.6 Å². The number of nitrogens with one attached hydrogen (secondary N) is 1. The number of rotatable bonds is 3. The molecule has 4 atom stereocenters. The second-order valence-corrected chi connectivity index (χ2v) is 11.3. The lowest BCUT2D eigenvalue weighted by atomic mass is 9.84. The Labute approximate surface area is 206 Å². The van der Waals surface area contributed by atoms with Gasteiger partial charge in [-0.3, -0.25) is 0 Å². The summed E-state index contributed by atoms with van der Waals surface area (Å²) >= 11 is 1.44. The van der Waals surface area contributed by atoms with Crippen LogP contribution in [-0.4, -0.2) is 67.7 Å². The summed E-state index contributed by atoms with van der Waals surface area (Å²) in [6.45, 7) is 5.86. The van der Waals surface area contributed by atoms with Gasteiger partial charge in [0, 0.05) is 41.8 Å². The summed E-state index contributed by atoms with van der Waals surface area (Å²) in [5.74, 6) is -0.711. The Hall–Kier alpha value is -2.46. The van der Waals surface area contributed by atoms with Gasteiger partial charge >= 0.3 is 6.09 Å². The molecular formula is C25H29F2N3O4S. The molecule has 10 heteroatoms. The van der Waals surface area contributed by atoms with Gasteiger partial charge in [0.1, 0.15) is 35.2 Å². The van der Waals surface area contributed by atoms with Crippen molar-refractivity contribution in [2.45, 2.75) is 44.6 Å². The van der Waals surface area contributed by atoms with Crippen LogP contribution in [0.1, 0.15) is 37.1 Å². The summed E-state index contributed by atoms with van der Waals surface area (Å²) in [5.41, 5.74) is 1.65. The number of amides is 1. The van der Waals surface area contributed by atoms with E-state index in [1.165, 1.54) is 23.5 Å². The molecule has 1 aromatic rings. The smallest absolute Gasteiger partial charge is 0.410 e. The number of anilines is 1. The molecule has 0 spiro atoms. The minimum absolute atomic E-state index is 0.00719. The van der Waals surface area contributed by atoms with E-state index >= 15 is 0 Å². The first-order valence-electron chi connectivity index (χ1n) is 12.2. The Morgan fingerprint density at radius 3 is 2.74 bits per heavy atom. The van der Waals surface area contributed by atoms with Crippen LogP contribution in [-0.2, 0) is 14.2 Å². The number of fused-ring (bicyclic) bond motifs is 3. The number of piperidine rings is 1. The Morgan fingerprint density at radius 1 is 1.29 bits per heavy atom. The predicted molar refractivity (Wildman–Crippen MR) is 129 cm³/mol. The van der Waals surface area contributed by atoms with Gasteiger partial charge < -0.3 is 24.4 Å². The summed E-state index contributed by atoms with van der Waals surface area (Å²) in [6, 6.07) is 0. The van der Waals surface area contributed by atoms with Crippen LogP contribution >= 0.6 is 11.3 Å². The van der Waals surface area contributed by atoms with E-state index in [0.717, 1.165) is 29.0 Å². The van der Waals surface area contributed by atoms with Gasteiger partial charge in [0.15, 0.2) is 0 Å². The zero-order valence-electron chi connectivity index (χ0n) is 19.8. The van der Waals surface area contributed by atoms with Gasteiger partial charge in [0.25, 0.3) is 0 Å². The Kier molecular flexibility index (Phi) is 5.63. The van der Waals surface area contributed by atoms with E-state index in [2.05, 4.69) is 10.3 Å². The van der Waals surface area contributed by atoms with Crippen molar-refractivity contribution >= 4 is 34.6 Å². The Morgan fingerprint density at radius 2 is 2.03 bits per heavy atom. The normalized spacial score (nSPS) is 33.0. The fourth-order valence-corrected chi connectivity index (χ4v) is 6.24. The van der Waals surface area contributed by atoms with Crippen LogP contribution in [0.25, 0.3) is 5.57 Å². The monoisotopic (exact) mass is 505 g/mol. The number of aliphatic imine (C=N–C) groups is 1. The molecule has 5 aliphatic rings. The highest BCUT2D eigenvalue weighted by atomic mass is 32.1. The number of likely N-dealkylation sites (tertiary alicyclic amines) is 1. The highest BCUT2D eigenvalue weighted by Gasteiger charge is 2.48. The zero-order valence-corrected chi connectivity index (χ0v) is 20.6. The van der Waals surface area contributed by atoms with Crippen molar-refractivity contribution in [2.75, 3.05) is 38.3 Å². The maximum atomic E-state index is 15.0. The van der Waals surface area contributed by atoms with Crippen LogP contribution in [0.3, 0.4) is 0 Å². The summed E-state index contributed by atoms with van der Waals surface area (Å²) in [6.07, 6.45) is 2.88. The molecular weight excluding hydrogens is 476 g/mol. The highest BCUT2D eigenvalue weighted by Crippen LogP contribution is 2.43. The molecule has 2 bridgehead atoms. The number of nitrogens with zero attached hydrogens (tertiary/aromatic N) is 2. The summed E-state index contributed by atoms with van der Waals surface area (Å²) in [5, 5.41) is 5.13. The fourth-order valence-electron chi connectivity index (χ4n) is 5.24. The molecule has 0 radical (unpaired) electrons. The van der Waals surface area contributed by atoms with E-state index < -0.39 is 17.9 Å². The highest BCUT2D eigenvalue weighted by molar-refractivity contribution is 7.13. The summed E-state index contributed by atoms with van der Waals surface area (Å²) < 4.78 is 46.8. The van der Waals surface area contributed by atoms with E-state index in [0.29, 0.717) is 44.4 Å². The van der Waals surface area contributed by atoms with Crippen molar-refractivity contribution in [1.29, 1.82) is 0 Å². The second kappa shape index (κ2) is 8.58. The second-order valence-electron chi connectivity index (χ2n) is 10.4. The number of halogens is 2.